The van der Waals surface area contributed by atoms with Crippen molar-refractivity contribution in [3.8, 4) is 0 Å². The lowest BCUT2D eigenvalue weighted by atomic mass is 9.95. The minimum atomic E-state index is -2.34. The van der Waals surface area contributed by atoms with Crippen LogP contribution in [0.25, 0.3) is 0 Å². The standard InChI is InChI=1S/C81H68O25/c82-61-58(46-95-80-68(104-77(90)56-42-24-8-25-43-56)65(101-74(87)53-36-18-5-19-37-53)62(99-72(85)51-32-14-3-15-33-51)59(97-80)47-93-70(83)49-28-10-1-11-29-49)96-79(92)67(103-76(89)55-40-22-7-23-41-55)64(61)106-81-69(105-78(91)57-44-26-9-27-45-57)66(102-75(88)54-38-20-6-21-39-54)63(100-73(86)52-34-16-4-17-35-52)60(98-81)48-94-71(84)50-30-12-2-13-31-50/h1-45,58-69,79-82,92H,46-48H2. The molecular formula is C81H68O25. The second kappa shape index (κ2) is 35.4. The van der Waals surface area contributed by atoms with Crippen molar-refractivity contribution < 1.29 is 120 Å². The fourth-order valence-corrected chi connectivity index (χ4v) is 11.7. The predicted molar refractivity (Wildman–Crippen MR) is 368 cm³/mol. The first-order valence-electron chi connectivity index (χ1n) is 33.5. The number of aliphatic hydroxyl groups is 2. The molecule has 9 aromatic carbocycles. The molecule has 25 heteroatoms. The molecule has 3 heterocycles. The van der Waals surface area contributed by atoms with Gasteiger partial charge in [-0.3, -0.25) is 0 Å². The van der Waals surface area contributed by atoms with E-state index in [1.54, 1.807) is 115 Å². The van der Waals surface area contributed by atoms with Gasteiger partial charge < -0.3 is 76.5 Å². The Kier molecular flexibility index (Phi) is 24.6. The van der Waals surface area contributed by atoms with Gasteiger partial charge in [0.25, 0.3) is 0 Å². The zero-order valence-electron chi connectivity index (χ0n) is 56.0. The molecule has 0 amide bonds. The molecule has 0 spiro atoms. The minimum absolute atomic E-state index is 0.00902. The highest BCUT2D eigenvalue weighted by Crippen LogP contribution is 2.38. The summed E-state index contributed by atoms with van der Waals surface area (Å²) in [6.07, 6.45) is -30.3. The molecule has 0 saturated carbocycles. The second-order valence-corrected chi connectivity index (χ2v) is 24.2. The van der Waals surface area contributed by atoms with Gasteiger partial charge in [0.2, 0.25) is 0 Å². The quantitative estimate of drug-likeness (QED) is 0.0397. The van der Waals surface area contributed by atoms with Gasteiger partial charge in [0.05, 0.1) is 56.7 Å². The van der Waals surface area contributed by atoms with Crippen molar-refractivity contribution in [1.82, 2.24) is 0 Å². The largest absolute Gasteiger partial charge is 0.459 e. The molecule has 25 nitrogen and oxygen atoms in total. The third kappa shape index (κ3) is 18.5. The molecule has 0 aliphatic carbocycles. The Hall–Kier alpha value is -12.1. The molecule has 9 aromatic rings. The highest BCUT2D eigenvalue weighted by molar-refractivity contribution is 5.94. The molecule has 15 unspecified atom stereocenters. The summed E-state index contributed by atoms with van der Waals surface area (Å²) < 4.78 is 87.8. The number of esters is 9. The molecule has 15 atom stereocenters. The summed E-state index contributed by atoms with van der Waals surface area (Å²) in [5, 5.41) is 25.5. The van der Waals surface area contributed by atoms with Crippen molar-refractivity contribution in [2.45, 2.75) is 92.1 Å². The van der Waals surface area contributed by atoms with Gasteiger partial charge >= 0.3 is 53.7 Å². The molecule has 2 N–H and O–H groups in total. The van der Waals surface area contributed by atoms with Crippen molar-refractivity contribution in [3.63, 3.8) is 0 Å². The summed E-state index contributed by atoms with van der Waals surface area (Å²) >= 11 is 0. The third-order valence-electron chi connectivity index (χ3n) is 17.1. The average Bonchev–Trinajstić information content (AvgIpc) is 0.770. The van der Waals surface area contributed by atoms with Crippen LogP contribution < -0.4 is 0 Å². The van der Waals surface area contributed by atoms with Crippen LogP contribution in [0.2, 0.25) is 0 Å². The topological polar surface area (TPSA) is 323 Å². The van der Waals surface area contributed by atoms with E-state index in [9.17, 15) is 53.4 Å². The van der Waals surface area contributed by atoms with Crippen LogP contribution in [-0.4, -0.2) is 176 Å². The van der Waals surface area contributed by atoms with E-state index in [0.29, 0.717) is 0 Å². The normalized spacial score (nSPS) is 23.9. The Labute approximate surface area is 605 Å². The Morgan fingerprint density at radius 1 is 0.245 bits per heavy atom. The summed E-state index contributed by atoms with van der Waals surface area (Å²) in [6, 6.07) is 68.2. The molecule has 106 heavy (non-hydrogen) atoms. The van der Waals surface area contributed by atoms with E-state index in [4.69, 9.17) is 66.3 Å². The predicted octanol–water partition coefficient (Wildman–Crippen LogP) is 9.21. The van der Waals surface area contributed by atoms with Crippen LogP contribution in [0, 0.1) is 0 Å². The van der Waals surface area contributed by atoms with Crippen molar-refractivity contribution in [3.05, 3.63) is 323 Å². The van der Waals surface area contributed by atoms with Crippen LogP contribution >= 0.6 is 0 Å². The number of hydrogen-bond acceptors (Lipinski definition) is 25. The fraction of sp³-hybridized carbons (Fsp3) is 0.222. The molecule has 542 valence electrons. The molecule has 3 fully saturated rings. The Morgan fingerprint density at radius 3 is 0.774 bits per heavy atom. The first-order chi connectivity index (χ1) is 51.6. The average molecular weight is 1440 g/mol. The van der Waals surface area contributed by atoms with E-state index in [2.05, 4.69) is 0 Å². The van der Waals surface area contributed by atoms with Gasteiger partial charge in [0.1, 0.15) is 43.7 Å². The molecule has 0 bridgehead atoms. The van der Waals surface area contributed by atoms with Gasteiger partial charge in [-0.05, 0) is 109 Å². The smallest absolute Gasteiger partial charge is 0.338 e. The number of benzene rings is 9. The van der Waals surface area contributed by atoms with Gasteiger partial charge in [-0.1, -0.05) is 164 Å². The molecule has 3 aliphatic rings. The minimum Gasteiger partial charge on any atom is -0.459 e. The number of carbonyl (C=O) groups is 9. The molecule has 3 saturated heterocycles. The van der Waals surface area contributed by atoms with Crippen molar-refractivity contribution in [1.29, 1.82) is 0 Å². The lowest BCUT2D eigenvalue weighted by Gasteiger charge is -2.48. The van der Waals surface area contributed by atoms with Gasteiger partial charge in [0, 0.05) is 0 Å². The van der Waals surface area contributed by atoms with E-state index < -0.39 is 166 Å². The summed E-state index contributed by atoms with van der Waals surface area (Å²) in [5.74, 6) is -9.19. The highest BCUT2D eigenvalue weighted by Gasteiger charge is 2.59. The second-order valence-electron chi connectivity index (χ2n) is 24.2. The zero-order valence-corrected chi connectivity index (χ0v) is 56.0. The molecule has 0 aromatic heterocycles. The summed E-state index contributed by atoms with van der Waals surface area (Å²) in [4.78, 5) is 129. The number of rotatable bonds is 25. The van der Waals surface area contributed by atoms with Crippen LogP contribution in [0.4, 0.5) is 0 Å². The van der Waals surface area contributed by atoms with E-state index >= 15 is 0 Å². The maximum Gasteiger partial charge on any atom is 0.338 e. The highest BCUT2D eigenvalue weighted by atomic mass is 16.8. The van der Waals surface area contributed by atoms with Crippen LogP contribution in [0.15, 0.2) is 273 Å². The SMILES string of the molecule is O=C(OCC1OC(OCC2OC(O)C(OC(=O)c3ccccc3)C(OC3OC(COC(=O)c4ccccc4)C(OC(=O)c4ccccc4)C(OC(=O)c4ccccc4)C3OC(=O)c3ccccc3)C2O)C(OC(=O)c2ccccc2)C(OC(=O)c2ccccc2)C1OC(=O)c1ccccc1)c1ccccc1. The monoisotopic (exact) mass is 1440 g/mol. The maximum absolute atomic E-state index is 14.7. The van der Waals surface area contributed by atoms with E-state index in [1.807, 2.05) is 0 Å². The van der Waals surface area contributed by atoms with Gasteiger partial charge in [-0.25, -0.2) is 43.2 Å². The lowest BCUT2D eigenvalue weighted by molar-refractivity contribution is -0.359. The van der Waals surface area contributed by atoms with E-state index in [1.165, 1.54) is 158 Å². The van der Waals surface area contributed by atoms with Crippen molar-refractivity contribution >= 4 is 53.7 Å². The van der Waals surface area contributed by atoms with Gasteiger partial charge in [-0.15, -0.1) is 0 Å². The number of carbonyl (C=O) groups excluding carboxylic acids is 9. The van der Waals surface area contributed by atoms with Crippen LogP contribution in [0.3, 0.4) is 0 Å². The van der Waals surface area contributed by atoms with E-state index in [0.717, 1.165) is 0 Å². The van der Waals surface area contributed by atoms with Gasteiger partial charge in [0.15, 0.2) is 61.6 Å². The first-order valence-corrected chi connectivity index (χ1v) is 33.5. The molecule has 3 aliphatic heterocycles. The van der Waals surface area contributed by atoms with Crippen LogP contribution in [0.5, 0.6) is 0 Å². The zero-order chi connectivity index (χ0) is 73.9. The summed E-state index contributed by atoms with van der Waals surface area (Å²) in [5.41, 5.74) is -0.113. The molecule has 0 radical (unpaired) electrons. The van der Waals surface area contributed by atoms with Crippen LogP contribution in [-0.2, 0) is 66.3 Å². The summed E-state index contributed by atoms with van der Waals surface area (Å²) in [7, 11) is 0. The first kappa shape index (κ1) is 73.7. The van der Waals surface area contributed by atoms with Crippen molar-refractivity contribution in [2.24, 2.45) is 0 Å². The molecule has 12 rings (SSSR count). The van der Waals surface area contributed by atoms with Crippen molar-refractivity contribution in [2.75, 3.05) is 19.8 Å². The third-order valence-corrected chi connectivity index (χ3v) is 17.1. The van der Waals surface area contributed by atoms with Crippen LogP contribution in [0.1, 0.15) is 93.2 Å². The van der Waals surface area contributed by atoms with Gasteiger partial charge in [-0.2, -0.15) is 0 Å². The molecular weight excluding hydrogens is 1370 g/mol. The summed E-state index contributed by atoms with van der Waals surface area (Å²) in [6.45, 7) is -2.59. The number of ether oxygens (including phenoxy) is 14. The van der Waals surface area contributed by atoms with E-state index in [-0.39, 0.29) is 50.1 Å². The maximum atomic E-state index is 14.7. The fourth-order valence-electron chi connectivity index (χ4n) is 11.7. The number of aliphatic hydroxyl groups excluding tert-OH is 2. The Bertz CT molecular complexity index is 4430. The Balaban J connectivity index is 0.945. The lowest BCUT2D eigenvalue weighted by Crippen LogP contribution is -2.67. The number of hydrogen-bond donors (Lipinski definition) is 2. The Morgan fingerprint density at radius 2 is 0.481 bits per heavy atom.